The van der Waals surface area contributed by atoms with Crippen LogP contribution in [-0.2, 0) is 16.0 Å². The second kappa shape index (κ2) is 7.89. The van der Waals surface area contributed by atoms with E-state index in [1.165, 1.54) is 7.05 Å². The molecule has 1 N–H and O–H groups in total. The van der Waals surface area contributed by atoms with Crippen molar-refractivity contribution in [3.05, 3.63) is 35.9 Å². The number of amides is 1. The first-order valence-corrected chi connectivity index (χ1v) is 8.30. The molecule has 0 saturated heterocycles. The van der Waals surface area contributed by atoms with E-state index in [9.17, 15) is 27.9 Å². The zero-order chi connectivity index (χ0) is 18.6. The molecule has 1 amide bonds. The van der Waals surface area contributed by atoms with Crippen molar-refractivity contribution in [3.8, 4) is 0 Å². The van der Waals surface area contributed by atoms with Gasteiger partial charge in [0, 0.05) is 19.4 Å². The van der Waals surface area contributed by atoms with Crippen LogP contribution in [0, 0.1) is 11.8 Å². The Morgan fingerprint density at radius 1 is 1.24 bits per heavy atom. The van der Waals surface area contributed by atoms with E-state index in [2.05, 4.69) is 0 Å². The van der Waals surface area contributed by atoms with Crippen molar-refractivity contribution in [2.24, 2.45) is 11.8 Å². The summed E-state index contributed by atoms with van der Waals surface area (Å²) in [6.07, 6.45) is -3.73. The highest BCUT2D eigenvalue weighted by Crippen LogP contribution is 2.40. The maximum Gasteiger partial charge on any atom is 0.391 e. The van der Waals surface area contributed by atoms with Gasteiger partial charge in [-0.25, -0.2) is 4.79 Å². The van der Waals surface area contributed by atoms with Crippen LogP contribution in [0.4, 0.5) is 13.2 Å². The van der Waals surface area contributed by atoms with Gasteiger partial charge >= 0.3 is 12.1 Å². The van der Waals surface area contributed by atoms with E-state index in [1.54, 1.807) is 30.3 Å². The lowest BCUT2D eigenvalue weighted by atomic mass is 9.80. The van der Waals surface area contributed by atoms with Crippen LogP contribution in [-0.4, -0.2) is 41.1 Å². The minimum absolute atomic E-state index is 0.0311. The lowest BCUT2D eigenvalue weighted by molar-refractivity contribution is -0.187. The summed E-state index contributed by atoms with van der Waals surface area (Å²) in [5.74, 6) is -3.94. The van der Waals surface area contributed by atoms with Crippen LogP contribution in [0.15, 0.2) is 30.3 Å². The molecular formula is C18H22F3NO3. The number of halogens is 3. The molecule has 0 spiro atoms. The van der Waals surface area contributed by atoms with Crippen LogP contribution in [0.1, 0.15) is 31.2 Å². The van der Waals surface area contributed by atoms with E-state index in [0.29, 0.717) is 12.8 Å². The number of aliphatic carboxylic acids is 1. The van der Waals surface area contributed by atoms with Gasteiger partial charge in [0.25, 0.3) is 0 Å². The molecule has 3 unspecified atom stereocenters. The number of likely N-dealkylation sites (N-methyl/N-ethyl adjacent to an activating group) is 1. The van der Waals surface area contributed by atoms with Crippen LogP contribution >= 0.6 is 0 Å². The molecule has 0 bridgehead atoms. The van der Waals surface area contributed by atoms with Gasteiger partial charge in [0.05, 0.1) is 5.92 Å². The van der Waals surface area contributed by atoms with Crippen molar-refractivity contribution in [1.82, 2.24) is 4.90 Å². The highest BCUT2D eigenvalue weighted by atomic mass is 19.4. The largest absolute Gasteiger partial charge is 0.480 e. The number of benzene rings is 1. The summed E-state index contributed by atoms with van der Waals surface area (Å²) in [6, 6.07) is 7.76. The van der Waals surface area contributed by atoms with E-state index < -0.39 is 35.9 Å². The first-order valence-electron chi connectivity index (χ1n) is 8.30. The number of alkyl halides is 3. The minimum Gasteiger partial charge on any atom is -0.480 e. The van der Waals surface area contributed by atoms with Crippen molar-refractivity contribution < 1.29 is 27.9 Å². The Bertz CT molecular complexity index is 603. The smallest absolute Gasteiger partial charge is 0.391 e. The number of carboxylic acids is 1. The Balaban J connectivity index is 2.09. The molecule has 0 aliphatic heterocycles. The molecule has 7 heteroatoms. The summed E-state index contributed by atoms with van der Waals surface area (Å²) < 4.78 is 38.8. The summed E-state index contributed by atoms with van der Waals surface area (Å²) in [4.78, 5) is 25.3. The third-order valence-electron chi connectivity index (χ3n) is 4.86. The molecule has 2 rings (SSSR count). The van der Waals surface area contributed by atoms with Gasteiger partial charge in [-0.15, -0.1) is 0 Å². The third-order valence-corrected chi connectivity index (χ3v) is 4.86. The molecule has 1 saturated carbocycles. The number of carbonyl (C=O) groups excluding carboxylic acids is 1. The van der Waals surface area contributed by atoms with E-state index >= 15 is 0 Å². The summed E-state index contributed by atoms with van der Waals surface area (Å²) in [5, 5.41) is 9.46. The highest BCUT2D eigenvalue weighted by molar-refractivity contribution is 5.85. The normalized spacial score (nSPS) is 22.2. The van der Waals surface area contributed by atoms with E-state index in [0.717, 1.165) is 10.5 Å². The molecule has 138 valence electrons. The molecule has 0 heterocycles. The van der Waals surface area contributed by atoms with Crippen molar-refractivity contribution >= 4 is 11.9 Å². The molecule has 0 aromatic heterocycles. The summed E-state index contributed by atoms with van der Waals surface area (Å²) >= 11 is 0. The van der Waals surface area contributed by atoms with Gasteiger partial charge in [-0.2, -0.15) is 13.2 Å². The number of rotatable bonds is 5. The first-order chi connectivity index (χ1) is 11.7. The molecule has 1 aromatic carbocycles. The maximum absolute atomic E-state index is 12.9. The number of hydrogen-bond donors (Lipinski definition) is 1. The van der Waals surface area contributed by atoms with Gasteiger partial charge in [0.2, 0.25) is 5.91 Å². The molecular weight excluding hydrogens is 335 g/mol. The predicted octanol–water partition coefficient (Wildman–Crippen LogP) is 3.51. The third kappa shape index (κ3) is 4.96. The van der Waals surface area contributed by atoms with E-state index in [4.69, 9.17) is 0 Å². The van der Waals surface area contributed by atoms with E-state index in [1.807, 2.05) is 0 Å². The monoisotopic (exact) mass is 357 g/mol. The van der Waals surface area contributed by atoms with Crippen LogP contribution in [0.25, 0.3) is 0 Å². The fourth-order valence-corrected chi connectivity index (χ4v) is 3.38. The molecule has 0 radical (unpaired) electrons. The molecule has 1 aliphatic rings. The second-order valence-electron chi connectivity index (χ2n) is 6.59. The molecule has 1 aromatic rings. The van der Waals surface area contributed by atoms with Crippen LogP contribution in [0.5, 0.6) is 0 Å². The van der Waals surface area contributed by atoms with Crippen molar-refractivity contribution in [2.75, 3.05) is 7.05 Å². The summed E-state index contributed by atoms with van der Waals surface area (Å²) in [7, 11) is 1.36. The summed E-state index contributed by atoms with van der Waals surface area (Å²) in [5.41, 5.74) is 0.756. The van der Waals surface area contributed by atoms with Crippen molar-refractivity contribution in [1.29, 1.82) is 0 Å². The highest BCUT2D eigenvalue weighted by Gasteiger charge is 2.44. The van der Waals surface area contributed by atoms with Crippen LogP contribution in [0.3, 0.4) is 0 Å². The van der Waals surface area contributed by atoms with Gasteiger partial charge in [0.1, 0.15) is 6.04 Å². The Hall–Kier alpha value is -2.05. The molecule has 4 nitrogen and oxygen atoms in total. The number of nitrogens with zero attached hydrogens (tertiary/aromatic N) is 1. The average Bonchev–Trinajstić information content (AvgIpc) is 2.58. The van der Waals surface area contributed by atoms with Crippen LogP contribution in [0.2, 0.25) is 0 Å². The zero-order valence-corrected chi connectivity index (χ0v) is 14.0. The Kier molecular flexibility index (Phi) is 6.08. The van der Waals surface area contributed by atoms with Crippen molar-refractivity contribution in [3.63, 3.8) is 0 Å². The molecule has 1 fully saturated rings. The van der Waals surface area contributed by atoms with Crippen molar-refractivity contribution in [2.45, 2.75) is 44.3 Å². The van der Waals surface area contributed by atoms with Gasteiger partial charge < -0.3 is 10.0 Å². The molecule has 25 heavy (non-hydrogen) atoms. The van der Waals surface area contributed by atoms with Gasteiger partial charge in [-0.3, -0.25) is 4.79 Å². The van der Waals surface area contributed by atoms with Gasteiger partial charge in [-0.05, 0) is 24.8 Å². The molecule has 1 aliphatic carbocycles. The second-order valence-corrected chi connectivity index (χ2v) is 6.59. The quantitative estimate of drug-likeness (QED) is 0.877. The standard InChI is InChI=1S/C18H22F3NO3/c1-22(15(17(24)25)10-12-6-3-2-4-7-12)16(23)13-8-5-9-14(11-13)18(19,20)21/h2-4,6-7,13-15H,5,8-11H2,1H3,(H,24,25). The zero-order valence-electron chi connectivity index (χ0n) is 14.0. The lowest BCUT2D eigenvalue weighted by Crippen LogP contribution is -2.47. The fraction of sp³-hybridized carbons (Fsp3) is 0.556. The van der Waals surface area contributed by atoms with Gasteiger partial charge in [-0.1, -0.05) is 36.8 Å². The van der Waals surface area contributed by atoms with Gasteiger partial charge in [0.15, 0.2) is 0 Å². The lowest BCUT2D eigenvalue weighted by Gasteiger charge is -2.34. The minimum atomic E-state index is -4.31. The summed E-state index contributed by atoms with van der Waals surface area (Å²) in [6.45, 7) is 0. The SMILES string of the molecule is CN(C(=O)C1CCCC(C(F)(F)F)C1)C(Cc1ccccc1)C(=O)O. The Labute approximate surface area is 144 Å². The number of carboxylic acid groups (broad SMARTS) is 1. The average molecular weight is 357 g/mol. The first kappa shape index (κ1) is 19.3. The maximum atomic E-state index is 12.9. The Morgan fingerprint density at radius 2 is 1.88 bits per heavy atom. The number of hydrogen-bond acceptors (Lipinski definition) is 2. The van der Waals surface area contributed by atoms with E-state index in [-0.39, 0.29) is 19.3 Å². The predicted molar refractivity (Wildman–Crippen MR) is 85.8 cm³/mol. The Morgan fingerprint density at radius 3 is 2.44 bits per heavy atom. The molecule has 3 atom stereocenters. The fourth-order valence-electron chi connectivity index (χ4n) is 3.38. The van der Waals surface area contributed by atoms with Crippen LogP contribution < -0.4 is 0 Å². The number of carbonyl (C=O) groups is 2. The topological polar surface area (TPSA) is 57.6 Å².